The Hall–Kier alpha value is -7.94. The van der Waals surface area contributed by atoms with Crippen molar-refractivity contribution in [2.24, 2.45) is 0 Å². The summed E-state index contributed by atoms with van der Waals surface area (Å²) in [6, 6.07) is 87.8. The van der Waals surface area contributed by atoms with Gasteiger partial charge in [-0.1, -0.05) is 206 Å². The molecule has 11 aromatic rings. The topological polar surface area (TPSA) is 9.86 Å². The number of fused-ring (bicyclic) bond motifs is 2. The van der Waals surface area contributed by atoms with E-state index in [2.05, 4.69) is 252 Å². The summed E-state index contributed by atoms with van der Waals surface area (Å²) < 4.78 is 4.93. The maximum atomic E-state index is 2.48. The number of rotatable bonds is 8. The molecule has 0 aliphatic heterocycles. The molecular weight excluding hydrogens is 725 g/mol. The lowest BCUT2D eigenvalue weighted by Gasteiger charge is -2.16. The van der Waals surface area contributed by atoms with Gasteiger partial charge in [-0.3, -0.25) is 0 Å². The van der Waals surface area contributed by atoms with Gasteiger partial charge in [-0.15, -0.1) is 0 Å². The van der Waals surface area contributed by atoms with Crippen LogP contribution in [0.2, 0.25) is 0 Å². The molecule has 2 heteroatoms. The zero-order valence-corrected chi connectivity index (χ0v) is 33.0. The maximum absolute atomic E-state index is 2.48. The molecule has 0 fully saturated rings. The number of benzene rings is 9. The molecule has 0 atom stereocenters. The van der Waals surface area contributed by atoms with Gasteiger partial charge in [0.05, 0.1) is 22.4 Å². The monoisotopic (exact) mass is 764 g/mol. The van der Waals surface area contributed by atoms with Crippen molar-refractivity contribution in [2.75, 3.05) is 0 Å². The van der Waals surface area contributed by atoms with E-state index in [1.165, 1.54) is 66.5 Å². The van der Waals surface area contributed by atoms with Crippen LogP contribution in [0.4, 0.5) is 0 Å². The van der Waals surface area contributed by atoms with Crippen LogP contribution >= 0.6 is 0 Å². The van der Waals surface area contributed by atoms with Crippen molar-refractivity contribution in [1.82, 2.24) is 9.13 Å². The SMILES string of the molecule is c1ccc(-c2ccc(-c3ccc(-n4c(-c5ccc(-c6ccccc6)cc5)c(-c5c(-c6ccccc6)n(-c6ccccc6)c6ccccc56)c5ccccc54)cc3)cc2)cc1. The van der Waals surface area contributed by atoms with Gasteiger partial charge in [0.1, 0.15) is 0 Å². The molecule has 0 spiro atoms. The molecule has 0 aliphatic carbocycles. The predicted molar refractivity (Wildman–Crippen MR) is 253 cm³/mol. The normalized spacial score (nSPS) is 11.3. The van der Waals surface area contributed by atoms with Crippen molar-refractivity contribution < 1.29 is 0 Å². The summed E-state index contributed by atoms with van der Waals surface area (Å²) in [6.07, 6.45) is 0. The Kier molecular flexibility index (Phi) is 8.87. The zero-order chi connectivity index (χ0) is 39.8. The summed E-state index contributed by atoms with van der Waals surface area (Å²) >= 11 is 0. The lowest BCUT2D eigenvalue weighted by molar-refractivity contribution is 1.13. The Morgan fingerprint density at radius 3 is 0.883 bits per heavy atom. The minimum absolute atomic E-state index is 1.11. The summed E-state index contributed by atoms with van der Waals surface area (Å²) in [5.41, 5.74) is 18.8. The fourth-order valence-corrected chi connectivity index (χ4v) is 8.98. The number of nitrogens with zero attached hydrogens (tertiary/aromatic N) is 2. The second kappa shape index (κ2) is 15.1. The smallest absolute Gasteiger partial charge is 0.0620 e. The van der Waals surface area contributed by atoms with E-state index in [-0.39, 0.29) is 0 Å². The third-order valence-corrected chi connectivity index (χ3v) is 11.8. The zero-order valence-electron chi connectivity index (χ0n) is 33.0. The Morgan fingerprint density at radius 1 is 0.200 bits per heavy atom. The van der Waals surface area contributed by atoms with Crippen LogP contribution in [-0.4, -0.2) is 9.13 Å². The standard InChI is InChI=1S/C58H40N2/c1-5-17-41(18-6-1)43-29-31-45(32-30-43)46-37-39-50(40-38-46)60-54-28-16-14-26-52(54)56(58(60)48-35-33-44(34-36-48)42-19-7-2-8-20-42)55-51-25-13-15-27-53(51)59(49-23-11-4-12-24-49)57(55)47-21-9-3-10-22-47/h1-40H. The predicted octanol–water partition coefficient (Wildman–Crippen LogP) is 15.6. The summed E-state index contributed by atoms with van der Waals surface area (Å²) in [7, 11) is 0. The van der Waals surface area contributed by atoms with E-state index in [1.54, 1.807) is 0 Å². The van der Waals surface area contributed by atoms with Crippen LogP contribution in [0.3, 0.4) is 0 Å². The van der Waals surface area contributed by atoms with E-state index >= 15 is 0 Å². The van der Waals surface area contributed by atoms with Crippen LogP contribution < -0.4 is 0 Å². The molecule has 60 heavy (non-hydrogen) atoms. The molecule has 0 N–H and O–H groups in total. The van der Waals surface area contributed by atoms with Gasteiger partial charge in [0.2, 0.25) is 0 Å². The van der Waals surface area contributed by atoms with Crippen LogP contribution in [0.1, 0.15) is 0 Å². The van der Waals surface area contributed by atoms with Crippen LogP contribution in [-0.2, 0) is 0 Å². The van der Waals surface area contributed by atoms with E-state index in [0.717, 1.165) is 33.7 Å². The molecule has 0 saturated carbocycles. The van der Waals surface area contributed by atoms with Crippen molar-refractivity contribution in [3.63, 3.8) is 0 Å². The van der Waals surface area contributed by atoms with E-state index in [0.29, 0.717) is 0 Å². The van der Waals surface area contributed by atoms with Gasteiger partial charge in [0, 0.05) is 33.3 Å². The molecule has 0 radical (unpaired) electrons. The van der Waals surface area contributed by atoms with E-state index in [1.807, 2.05) is 0 Å². The van der Waals surface area contributed by atoms with Gasteiger partial charge in [0.15, 0.2) is 0 Å². The molecule has 2 nitrogen and oxygen atoms in total. The third-order valence-electron chi connectivity index (χ3n) is 11.8. The highest BCUT2D eigenvalue weighted by Crippen LogP contribution is 2.50. The highest BCUT2D eigenvalue weighted by atomic mass is 15.0. The largest absolute Gasteiger partial charge is 0.309 e. The molecule has 0 amide bonds. The van der Waals surface area contributed by atoms with Gasteiger partial charge in [-0.05, 0) is 80.9 Å². The van der Waals surface area contributed by atoms with Crippen molar-refractivity contribution in [3.8, 4) is 78.4 Å². The highest BCUT2D eigenvalue weighted by Gasteiger charge is 2.28. The first-order valence-corrected chi connectivity index (χ1v) is 20.6. The lowest BCUT2D eigenvalue weighted by atomic mass is 9.93. The Morgan fingerprint density at radius 2 is 0.467 bits per heavy atom. The summed E-state index contributed by atoms with van der Waals surface area (Å²) in [6.45, 7) is 0. The maximum Gasteiger partial charge on any atom is 0.0620 e. The van der Waals surface area contributed by atoms with Crippen LogP contribution in [0.5, 0.6) is 0 Å². The molecule has 2 heterocycles. The lowest BCUT2D eigenvalue weighted by Crippen LogP contribution is -1.99. The molecular formula is C58H40N2. The molecule has 0 saturated heterocycles. The van der Waals surface area contributed by atoms with Crippen LogP contribution in [0, 0.1) is 0 Å². The summed E-state index contributed by atoms with van der Waals surface area (Å²) in [4.78, 5) is 0. The Bertz CT molecular complexity index is 3230. The van der Waals surface area contributed by atoms with Crippen molar-refractivity contribution in [1.29, 1.82) is 0 Å². The van der Waals surface area contributed by atoms with Gasteiger partial charge in [0.25, 0.3) is 0 Å². The van der Waals surface area contributed by atoms with E-state index in [9.17, 15) is 0 Å². The van der Waals surface area contributed by atoms with Gasteiger partial charge in [-0.25, -0.2) is 0 Å². The molecule has 0 bridgehead atoms. The minimum Gasteiger partial charge on any atom is -0.309 e. The average Bonchev–Trinajstić information content (AvgIpc) is 3.86. The third kappa shape index (κ3) is 6.14. The fourth-order valence-electron chi connectivity index (χ4n) is 8.98. The number of para-hydroxylation sites is 3. The summed E-state index contributed by atoms with van der Waals surface area (Å²) in [5, 5.41) is 2.41. The van der Waals surface area contributed by atoms with Gasteiger partial charge < -0.3 is 9.13 Å². The van der Waals surface area contributed by atoms with Crippen molar-refractivity contribution in [2.45, 2.75) is 0 Å². The first kappa shape index (κ1) is 35.2. The Labute approximate surface area is 350 Å². The number of hydrogen-bond acceptors (Lipinski definition) is 0. The second-order valence-electron chi connectivity index (χ2n) is 15.3. The van der Waals surface area contributed by atoms with Crippen LogP contribution in [0.25, 0.3) is 100 Å². The van der Waals surface area contributed by atoms with Gasteiger partial charge >= 0.3 is 0 Å². The highest BCUT2D eigenvalue weighted by molar-refractivity contribution is 6.16. The Balaban J connectivity index is 1.17. The molecule has 9 aromatic carbocycles. The molecule has 2 aromatic heterocycles. The summed E-state index contributed by atoms with van der Waals surface area (Å²) in [5.74, 6) is 0. The van der Waals surface area contributed by atoms with Crippen molar-refractivity contribution in [3.05, 3.63) is 243 Å². The molecule has 282 valence electrons. The quantitative estimate of drug-likeness (QED) is 0.146. The fraction of sp³-hybridized carbons (Fsp3) is 0. The molecule has 11 rings (SSSR count). The average molecular weight is 765 g/mol. The number of aromatic nitrogens is 2. The van der Waals surface area contributed by atoms with E-state index in [4.69, 9.17) is 0 Å². The first-order valence-electron chi connectivity index (χ1n) is 20.6. The molecule has 0 aliphatic rings. The number of hydrogen-bond donors (Lipinski definition) is 0. The first-order chi connectivity index (χ1) is 29.8. The van der Waals surface area contributed by atoms with Gasteiger partial charge in [-0.2, -0.15) is 0 Å². The van der Waals surface area contributed by atoms with Crippen molar-refractivity contribution >= 4 is 21.8 Å². The van der Waals surface area contributed by atoms with E-state index < -0.39 is 0 Å². The van der Waals surface area contributed by atoms with Crippen LogP contribution in [0.15, 0.2) is 243 Å². The second-order valence-corrected chi connectivity index (χ2v) is 15.3. The molecule has 0 unspecified atom stereocenters. The minimum atomic E-state index is 1.11.